The van der Waals surface area contributed by atoms with Crippen LogP contribution in [0.1, 0.15) is 45.9 Å². The third-order valence-electron chi connectivity index (χ3n) is 4.38. The molecule has 0 aliphatic heterocycles. The first-order valence-corrected chi connectivity index (χ1v) is 8.53. The van der Waals surface area contributed by atoms with Gasteiger partial charge in [-0.05, 0) is 40.0 Å². The third-order valence-corrected chi connectivity index (χ3v) is 4.38. The standard InChI is InChI=1S/C16H22F3N3O5/c1-13(2,3)27-11(23)20-15-6-14(7-15,8-15)10-21-22-12(26-10)25-5-4-24-9-16(17,18)19/h4-9H2,1-3H3,(H,20,23). The Balaban J connectivity index is 1.40. The van der Waals surface area contributed by atoms with E-state index in [0.717, 1.165) is 0 Å². The van der Waals surface area contributed by atoms with Crippen molar-refractivity contribution in [1.29, 1.82) is 0 Å². The normalized spacial score (nSPS) is 26.7. The number of nitrogens with zero attached hydrogens (tertiary/aromatic N) is 2. The van der Waals surface area contributed by atoms with Gasteiger partial charge in [0.15, 0.2) is 0 Å². The van der Waals surface area contributed by atoms with Crippen LogP contribution in [-0.4, -0.2) is 53.4 Å². The first kappa shape index (κ1) is 19.7. The molecular weight excluding hydrogens is 371 g/mol. The van der Waals surface area contributed by atoms with E-state index < -0.39 is 24.5 Å². The lowest BCUT2D eigenvalue weighted by atomic mass is 9.39. The number of alkyl carbamates (subject to hydrolysis) is 1. The summed E-state index contributed by atoms with van der Waals surface area (Å²) in [6, 6.07) is 0. The minimum absolute atomic E-state index is 0.112. The number of aromatic nitrogens is 2. The highest BCUT2D eigenvalue weighted by atomic mass is 19.4. The number of halogens is 3. The largest absolute Gasteiger partial charge is 0.447 e. The quantitative estimate of drug-likeness (QED) is 0.712. The predicted molar refractivity (Wildman–Crippen MR) is 84.3 cm³/mol. The summed E-state index contributed by atoms with van der Waals surface area (Å²) in [7, 11) is 0. The Labute approximate surface area is 153 Å². The number of carbonyl (C=O) groups excluding carboxylic acids is 1. The highest BCUT2D eigenvalue weighted by molar-refractivity contribution is 5.70. The molecule has 2 bridgehead atoms. The fourth-order valence-electron chi connectivity index (χ4n) is 3.53. The Morgan fingerprint density at radius 2 is 1.85 bits per heavy atom. The summed E-state index contributed by atoms with van der Waals surface area (Å²) in [6.45, 7) is 3.68. The number of carbonyl (C=O) groups is 1. The predicted octanol–water partition coefficient (Wildman–Crippen LogP) is 2.73. The zero-order valence-corrected chi connectivity index (χ0v) is 15.3. The SMILES string of the molecule is CC(C)(C)OC(=O)NC12CC(c3nnc(OCCOCC(F)(F)F)o3)(C1)C2. The maximum Gasteiger partial charge on any atom is 0.414 e. The van der Waals surface area contributed by atoms with Crippen LogP contribution in [0.4, 0.5) is 18.0 Å². The van der Waals surface area contributed by atoms with Crippen LogP contribution in [0.2, 0.25) is 0 Å². The second-order valence-corrected chi connectivity index (χ2v) is 8.11. The van der Waals surface area contributed by atoms with Gasteiger partial charge < -0.3 is 23.9 Å². The fraction of sp³-hybridized carbons (Fsp3) is 0.812. The van der Waals surface area contributed by atoms with Crippen LogP contribution in [0.15, 0.2) is 4.42 Å². The summed E-state index contributed by atoms with van der Waals surface area (Å²) in [5.41, 5.74) is -1.15. The van der Waals surface area contributed by atoms with Gasteiger partial charge in [-0.2, -0.15) is 13.2 Å². The zero-order chi connectivity index (χ0) is 19.9. The molecule has 0 atom stereocenters. The molecule has 4 rings (SSSR count). The summed E-state index contributed by atoms with van der Waals surface area (Å²) in [6.07, 6.45) is -2.95. The van der Waals surface area contributed by atoms with Crippen LogP contribution in [0.5, 0.6) is 6.08 Å². The zero-order valence-electron chi connectivity index (χ0n) is 15.3. The Bertz CT molecular complexity index is 678. The molecule has 3 aliphatic rings. The molecule has 1 aromatic heterocycles. The molecule has 0 aromatic carbocycles. The van der Waals surface area contributed by atoms with Crippen LogP contribution in [0, 0.1) is 0 Å². The van der Waals surface area contributed by atoms with E-state index in [0.29, 0.717) is 25.2 Å². The van der Waals surface area contributed by atoms with Crippen molar-refractivity contribution in [2.45, 2.75) is 62.8 Å². The van der Waals surface area contributed by atoms with Crippen molar-refractivity contribution in [2.24, 2.45) is 0 Å². The number of hydrogen-bond acceptors (Lipinski definition) is 7. The molecule has 11 heteroatoms. The molecule has 1 heterocycles. The molecule has 3 saturated carbocycles. The molecule has 1 aromatic rings. The van der Waals surface area contributed by atoms with Crippen LogP contribution < -0.4 is 10.1 Å². The Hall–Kier alpha value is -2.04. The topological polar surface area (TPSA) is 95.7 Å². The second kappa shape index (κ2) is 6.54. The smallest absolute Gasteiger partial charge is 0.414 e. The van der Waals surface area contributed by atoms with Gasteiger partial charge in [0.1, 0.15) is 18.8 Å². The fourth-order valence-corrected chi connectivity index (χ4v) is 3.53. The lowest BCUT2D eigenvalue weighted by Gasteiger charge is -2.68. The van der Waals surface area contributed by atoms with Gasteiger partial charge in [0.2, 0.25) is 5.89 Å². The van der Waals surface area contributed by atoms with Crippen molar-refractivity contribution >= 4 is 6.09 Å². The monoisotopic (exact) mass is 393 g/mol. The van der Waals surface area contributed by atoms with E-state index in [4.69, 9.17) is 13.9 Å². The molecule has 1 amide bonds. The van der Waals surface area contributed by atoms with Gasteiger partial charge in [-0.25, -0.2) is 4.79 Å². The summed E-state index contributed by atoms with van der Waals surface area (Å²) < 4.78 is 56.1. The Morgan fingerprint density at radius 3 is 2.44 bits per heavy atom. The Morgan fingerprint density at radius 1 is 1.19 bits per heavy atom. The van der Waals surface area contributed by atoms with Gasteiger partial charge in [0.05, 0.1) is 12.0 Å². The molecule has 3 aliphatic carbocycles. The molecular formula is C16H22F3N3O5. The third kappa shape index (κ3) is 4.63. The molecule has 0 radical (unpaired) electrons. The van der Waals surface area contributed by atoms with E-state index in [1.54, 1.807) is 20.8 Å². The number of rotatable bonds is 7. The number of nitrogens with one attached hydrogen (secondary N) is 1. The first-order valence-electron chi connectivity index (χ1n) is 8.53. The summed E-state index contributed by atoms with van der Waals surface area (Å²) >= 11 is 0. The average molecular weight is 393 g/mol. The van der Waals surface area contributed by atoms with Gasteiger partial charge >= 0.3 is 18.3 Å². The van der Waals surface area contributed by atoms with Crippen molar-refractivity contribution in [3.63, 3.8) is 0 Å². The average Bonchev–Trinajstić information content (AvgIpc) is 2.86. The van der Waals surface area contributed by atoms with E-state index in [2.05, 4.69) is 20.3 Å². The highest BCUT2D eigenvalue weighted by Crippen LogP contribution is 2.67. The maximum absolute atomic E-state index is 11.9. The molecule has 0 spiro atoms. The van der Waals surface area contributed by atoms with Gasteiger partial charge in [0, 0.05) is 5.54 Å². The van der Waals surface area contributed by atoms with E-state index in [1.807, 2.05) is 0 Å². The van der Waals surface area contributed by atoms with E-state index in [-0.39, 0.29) is 30.2 Å². The summed E-state index contributed by atoms with van der Waals surface area (Å²) in [4.78, 5) is 11.9. The molecule has 27 heavy (non-hydrogen) atoms. The van der Waals surface area contributed by atoms with Crippen molar-refractivity contribution in [3.05, 3.63) is 5.89 Å². The molecule has 3 fully saturated rings. The minimum Gasteiger partial charge on any atom is -0.447 e. The number of hydrogen-bond donors (Lipinski definition) is 1. The first-order chi connectivity index (χ1) is 12.4. The van der Waals surface area contributed by atoms with Gasteiger partial charge in [-0.15, -0.1) is 5.10 Å². The molecule has 0 saturated heterocycles. The van der Waals surface area contributed by atoms with Crippen LogP contribution in [0.3, 0.4) is 0 Å². The van der Waals surface area contributed by atoms with Gasteiger partial charge in [-0.3, -0.25) is 0 Å². The lowest BCUT2D eigenvalue weighted by molar-refractivity contribution is -0.175. The molecule has 1 N–H and O–H groups in total. The number of ether oxygens (including phenoxy) is 3. The minimum atomic E-state index is -4.37. The van der Waals surface area contributed by atoms with Crippen molar-refractivity contribution in [1.82, 2.24) is 15.5 Å². The van der Waals surface area contributed by atoms with Crippen molar-refractivity contribution in [2.75, 3.05) is 19.8 Å². The highest BCUT2D eigenvalue weighted by Gasteiger charge is 2.72. The second-order valence-electron chi connectivity index (χ2n) is 8.11. The van der Waals surface area contributed by atoms with Crippen molar-refractivity contribution in [3.8, 4) is 6.08 Å². The van der Waals surface area contributed by atoms with E-state index in [1.165, 1.54) is 0 Å². The van der Waals surface area contributed by atoms with Crippen molar-refractivity contribution < 1.29 is 36.6 Å². The van der Waals surface area contributed by atoms with E-state index in [9.17, 15) is 18.0 Å². The molecule has 0 unspecified atom stereocenters. The Kier molecular flexibility index (Phi) is 4.77. The van der Waals surface area contributed by atoms with Crippen LogP contribution in [0.25, 0.3) is 0 Å². The van der Waals surface area contributed by atoms with E-state index >= 15 is 0 Å². The van der Waals surface area contributed by atoms with Gasteiger partial charge in [0.25, 0.3) is 0 Å². The van der Waals surface area contributed by atoms with Crippen LogP contribution >= 0.6 is 0 Å². The summed E-state index contributed by atoms with van der Waals surface area (Å²) in [5, 5.41) is 10.6. The molecule has 8 nitrogen and oxygen atoms in total. The van der Waals surface area contributed by atoms with Crippen LogP contribution in [-0.2, 0) is 14.9 Å². The van der Waals surface area contributed by atoms with Gasteiger partial charge in [-0.1, -0.05) is 5.10 Å². The molecule has 152 valence electrons. The number of amides is 1. The maximum atomic E-state index is 11.9. The lowest BCUT2D eigenvalue weighted by Crippen LogP contribution is -2.77. The summed E-state index contributed by atoms with van der Waals surface area (Å²) in [5.74, 6) is 0.404. The number of alkyl halides is 3.